The minimum atomic E-state index is -4.27. The van der Waals surface area contributed by atoms with E-state index >= 15 is 0 Å². The molecule has 0 fully saturated rings. The average Bonchev–Trinajstić information content (AvgIpc) is 2.56. The summed E-state index contributed by atoms with van der Waals surface area (Å²) < 4.78 is 38.8. The summed E-state index contributed by atoms with van der Waals surface area (Å²) in [5.74, 6) is 1.59. The highest BCUT2D eigenvalue weighted by molar-refractivity contribution is 8.00. The maximum absolute atomic E-state index is 12.9. The van der Waals surface area contributed by atoms with Crippen molar-refractivity contribution < 1.29 is 13.2 Å². The molecule has 2 aliphatic rings. The van der Waals surface area contributed by atoms with Gasteiger partial charge >= 0.3 is 6.18 Å². The van der Waals surface area contributed by atoms with E-state index in [1.165, 1.54) is 23.9 Å². The molecule has 3 rings (SSSR count). The summed E-state index contributed by atoms with van der Waals surface area (Å²) in [6.45, 7) is 0.870. The molecule has 19 heavy (non-hydrogen) atoms. The van der Waals surface area contributed by atoms with Crippen LogP contribution >= 0.6 is 23.5 Å². The van der Waals surface area contributed by atoms with E-state index in [1.54, 1.807) is 11.8 Å². The molecule has 0 saturated carbocycles. The van der Waals surface area contributed by atoms with Crippen LogP contribution in [0.4, 0.5) is 18.9 Å². The highest BCUT2D eigenvalue weighted by Crippen LogP contribution is 2.49. The summed E-state index contributed by atoms with van der Waals surface area (Å²) in [4.78, 5) is 2.92. The number of halogens is 3. The number of hydrogen-bond acceptors (Lipinski definition) is 4. The van der Waals surface area contributed by atoms with Gasteiger partial charge in [-0.2, -0.15) is 24.9 Å². The minimum absolute atomic E-state index is 0.0379. The lowest BCUT2D eigenvalue weighted by Gasteiger charge is -2.25. The van der Waals surface area contributed by atoms with Crippen LogP contribution in [-0.2, 0) is 11.9 Å². The van der Waals surface area contributed by atoms with Gasteiger partial charge in [-0.3, -0.25) is 5.32 Å². The molecule has 2 nitrogen and oxygen atoms in total. The molecule has 0 radical (unpaired) electrons. The van der Waals surface area contributed by atoms with Crippen molar-refractivity contribution in [3.05, 3.63) is 23.3 Å². The summed E-state index contributed by atoms with van der Waals surface area (Å²) in [5.41, 5.74) is 1.30. The quantitative estimate of drug-likeness (QED) is 0.855. The smallest absolute Gasteiger partial charge is 0.345 e. The fraction of sp³-hybridized carbons (Fsp3) is 0.500. The van der Waals surface area contributed by atoms with Crippen LogP contribution in [0.15, 0.2) is 17.0 Å². The van der Waals surface area contributed by atoms with E-state index in [4.69, 9.17) is 0 Å². The third-order valence-corrected chi connectivity index (χ3v) is 5.54. The zero-order valence-corrected chi connectivity index (χ0v) is 11.9. The number of nitrogens with zero attached hydrogens (tertiary/aromatic N) is 1. The van der Waals surface area contributed by atoms with Gasteiger partial charge in [0.05, 0.1) is 11.3 Å². The van der Waals surface area contributed by atoms with Crippen LogP contribution in [0, 0.1) is 0 Å². The molecule has 0 amide bonds. The molecule has 7 heteroatoms. The molecule has 104 valence electrons. The van der Waals surface area contributed by atoms with Crippen molar-refractivity contribution in [3.63, 3.8) is 0 Å². The molecule has 1 aromatic carbocycles. The topological polar surface area (TPSA) is 15.3 Å². The standard InChI is InChI=1S/C12H13F3N2S2/c1-16-11-17-2-3-18-6-7-4-8(12(13,14)15)5-9(19-11)10(7)17/h4-5,11,16H,2-3,6H2,1H3. The Bertz CT molecular complexity index is 504. The number of rotatable bonds is 1. The zero-order valence-electron chi connectivity index (χ0n) is 10.3. The number of thioether (sulfide) groups is 2. The van der Waals surface area contributed by atoms with E-state index in [0.717, 1.165) is 28.4 Å². The second-order valence-electron chi connectivity index (χ2n) is 4.48. The Kier molecular flexibility index (Phi) is 3.39. The van der Waals surface area contributed by atoms with Crippen molar-refractivity contribution in [1.29, 1.82) is 0 Å². The van der Waals surface area contributed by atoms with Crippen LogP contribution < -0.4 is 10.2 Å². The molecule has 0 saturated heterocycles. The number of nitrogens with one attached hydrogen (secondary N) is 1. The van der Waals surface area contributed by atoms with Gasteiger partial charge in [0.25, 0.3) is 0 Å². The lowest BCUT2D eigenvalue weighted by molar-refractivity contribution is -0.137. The first kappa shape index (κ1) is 13.5. The Labute approximate surface area is 118 Å². The molecule has 0 spiro atoms. The van der Waals surface area contributed by atoms with Gasteiger partial charge in [-0.25, -0.2) is 0 Å². The predicted molar refractivity (Wildman–Crippen MR) is 73.7 cm³/mol. The van der Waals surface area contributed by atoms with Gasteiger partial charge in [0, 0.05) is 22.9 Å². The third kappa shape index (κ3) is 2.32. The fourth-order valence-electron chi connectivity index (χ4n) is 2.45. The number of hydrogen-bond donors (Lipinski definition) is 1. The van der Waals surface area contributed by atoms with Gasteiger partial charge in [-0.1, -0.05) is 11.8 Å². The summed E-state index contributed by atoms with van der Waals surface area (Å²) in [6.07, 6.45) is -4.27. The zero-order chi connectivity index (χ0) is 13.6. The van der Waals surface area contributed by atoms with E-state index in [2.05, 4.69) is 10.2 Å². The average molecular weight is 306 g/mol. The Morgan fingerprint density at radius 2 is 2.16 bits per heavy atom. The van der Waals surface area contributed by atoms with Gasteiger partial charge < -0.3 is 4.90 Å². The normalized spacial score (nSPS) is 22.3. The van der Waals surface area contributed by atoms with Crippen LogP contribution in [0.1, 0.15) is 11.1 Å². The minimum Gasteiger partial charge on any atom is -0.345 e. The molecule has 1 unspecified atom stereocenters. The van der Waals surface area contributed by atoms with Crippen LogP contribution in [0.2, 0.25) is 0 Å². The fourth-order valence-corrected chi connectivity index (χ4v) is 4.61. The van der Waals surface area contributed by atoms with Crippen LogP contribution in [0.5, 0.6) is 0 Å². The highest BCUT2D eigenvalue weighted by atomic mass is 32.2. The summed E-state index contributed by atoms with van der Waals surface area (Å²) in [7, 11) is 1.84. The van der Waals surface area contributed by atoms with Crippen molar-refractivity contribution in [2.45, 2.75) is 22.3 Å². The maximum atomic E-state index is 12.9. The van der Waals surface area contributed by atoms with Crippen LogP contribution in [0.3, 0.4) is 0 Å². The van der Waals surface area contributed by atoms with Crippen molar-refractivity contribution in [1.82, 2.24) is 5.32 Å². The van der Waals surface area contributed by atoms with Crippen molar-refractivity contribution in [2.75, 3.05) is 24.2 Å². The molecule has 1 atom stereocenters. The van der Waals surface area contributed by atoms with Crippen LogP contribution in [-0.4, -0.2) is 24.8 Å². The summed E-state index contributed by atoms with van der Waals surface area (Å²) in [5, 5.41) is 3.16. The second-order valence-corrected chi connectivity index (χ2v) is 6.71. The molecule has 1 N–H and O–H groups in total. The van der Waals surface area contributed by atoms with Crippen molar-refractivity contribution >= 4 is 29.2 Å². The monoisotopic (exact) mass is 306 g/mol. The van der Waals surface area contributed by atoms with Crippen LogP contribution in [0.25, 0.3) is 0 Å². The first-order valence-corrected chi connectivity index (χ1v) is 7.96. The lowest BCUT2D eigenvalue weighted by atomic mass is 10.1. The van der Waals surface area contributed by atoms with Crippen molar-refractivity contribution in [3.8, 4) is 0 Å². The predicted octanol–water partition coefficient (Wildman–Crippen LogP) is 3.37. The Balaban J connectivity index is 2.12. The number of benzene rings is 1. The lowest BCUT2D eigenvalue weighted by Crippen LogP contribution is -2.39. The molecular weight excluding hydrogens is 293 g/mol. The SMILES string of the molecule is CNC1Sc2cc(C(F)(F)F)cc3c2N1CCSC3. The Morgan fingerprint density at radius 3 is 2.84 bits per heavy atom. The van der Waals surface area contributed by atoms with Gasteiger partial charge in [0.15, 0.2) is 0 Å². The summed E-state index contributed by atoms with van der Waals surface area (Å²) >= 11 is 3.16. The number of alkyl halides is 3. The first-order chi connectivity index (χ1) is 9.00. The molecule has 2 heterocycles. The molecule has 0 bridgehead atoms. The van der Waals surface area contributed by atoms with Gasteiger partial charge in [0.2, 0.25) is 0 Å². The van der Waals surface area contributed by atoms with E-state index in [-0.39, 0.29) is 5.50 Å². The van der Waals surface area contributed by atoms with E-state index in [1.807, 2.05) is 7.05 Å². The molecular formula is C12H13F3N2S2. The highest BCUT2D eigenvalue weighted by Gasteiger charge is 2.37. The van der Waals surface area contributed by atoms with Crippen molar-refractivity contribution in [2.24, 2.45) is 0 Å². The first-order valence-electron chi connectivity index (χ1n) is 5.93. The Morgan fingerprint density at radius 1 is 1.37 bits per heavy atom. The molecule has 0 aliphatic carbocycles. The van der Waals surface area contributed by atoms with E-state index in [9.17, 15) is 13.2 Å². The van der Waals surface area contributed by atoms with E-state index in [0.29, 0.717) is 5.75 Å². The third-order valence-electron chi connectivity index (χ3n) is 3.27. The molecule has 0 aromatic heterocycles. The van der Waals surface area contributed by atoms with Gasteiger partial charge in [0.1, 0.15) is 5.50 Å². The van der Waals surface area contributed by atoms with Gasteiger partial charge in [-0.15, -0.1) is 0 Å². The second kappa shape index (κ2) is 4.79. The maximum Gasteiger partial charge on any atom is 0.416 e. The number of anilines is 1. The molecule has 2 aliphatic heterocycles. The Hall–Kier alpha value is -0.530. The largest absolute Gasteiger partial charge is 0.416 e. The van der Waals surface area contributed by atoms with Gasteiger partial charge in [-0.05, 0) is 24.7 Å². The summed E-state index contributed by atoms with van der Waals surface area (Å²) in [6, 6.07) is 2.59. The van der Waals surface area contributed by atoms with E-state index < -0.39 is 11.7 Å². The molecule has 1 aromatic rings.